The molecule has 0 saturated heterocycles. The molecule has 0 spiro atoms. The van der Waals surface area contributed by atoms with Gasteiger partial charge in [-0.25, -0.2) is 0 Å². The van der Waals surface area contributed by atoms with Crippen molar-refractivity contribution < 1.29 is 4.74 Å². The highest BCUT2D eigenvalue weighted by atomic mass is 79.9. The number of hydrogen-bond acceptors (Lipinski definition) is 2. The maximum absolute atomic E-state index is 5.85. The van der Waals surface area contributed by atoms with Gasteiger partial charge in [-0.05, 0) is 28.9 Å². The molecule has 1 aromatic rings. The van der Waals surface area contributed by atoms with Crippen molar-refractivity contribution in [2.45, 2.75) is 39.5 Å². The van der Waals surface area contributed by atoms with Gasteiger partial charge in [-0.3, -0.25) is 0 Å². The summed E-state index contributed by atoms with van der Waals surface area (Å²) in [7, 11) is 0. The highest BCUT2D eigenvalue weighted by molar-refractivity contribution is 9.10. The minimum absolute atomic E-state index is 0.00602. The fourth-order valence-corrected chi connectivity index (χ4v) is 1.87. The molecule has 0 bridgehead atoms. The van der Waals surface area contributed by atoms with Gasteiger partial charge >= 0.3 is 0 Å². The highest BCUT2D eigenvalue weighted by Gasteiger charge is 2.10. The van der Waals surface area contributed by atoms with Crippen molar-refractivity contribution in [2.75, 3.05) is 0 Å². The van der Waals surface area contributed by atoms with Gasteiger partial charge in [0.1, 0.15) is 11.9 Å². The Labute approximate surface area is 112 Å². The lowest BCUT2D eigenvalue weighted by atomic mass is 10.2. The lowest BCUT2D eigenvalue weighted by Crippen LogP contribution is -2.22. The molecule has 1 rings (SSSR count). The molecule has 94 valence electrons. The van der Waals surface area contributed by atoms with Gasteiger partial charge in [0, 0.05) is 18.2 Å². The van der Waals surface area contributed by atoms with Crippen LogP contribution in [0.4, 0.5) is 0 Å². The molecule has 1 atom stereocenters. The van der Waals surface area contributed by atoms with Crippen LogP contribution in [0.25, 0.3) is 0 Å². The topological polar surface area (TPSA) is 21.3 Å². The molecule has 0 heterocycles. The van der Waals surface area contributed by atoms with Gasteiger partial charge in [0.25, 0.3) is 0 Å². The first-order chi connectivity index (χ1) is 8.04. The zero-order valence-corrected chi connectivity index (χ0v) is 12.3. The third-order valence-electron chi connectivity index (χ3n) is 2.38. The molecule has 2 nitrogen and oxygen atoms in total. The van der Waals surface area contributed by atoms with Crippen molar-refractivity contribution in [3.05, 3.63) is 40.9 Å². The molecule has 0 aliphatic rings. The second-order valence-corrected chi connectivity index (χ2v) is 5.18. The largest absolute Gasteiger partial charge is 0.485 e. The maximum Gasteiger partial charge on any atom is 0.138 e. The maximum atomic E-state index is 5.85. The SMILES string of the molecule is C=CC(C)Oc1c(Br)cccc1CNC(C)C. The highest BCUT2D eigenvalue weighted by Crippen LogP contribution is 2.30. The average Bonchev–Trinajstić information content (AvgIpc) is 2.29. The molecule has 1 unspecified atom stereocenters. The van der Waals surface area contributed by atoms with Gasteiger partial charge in [0.2, 0.25) is 0 Å². The number of rotatable bonds is 6. The molecule has 1 aromatic carbocycles. The van der Waals surface area contributed by atoms with Crippen LogP contribution in [0.2, 0.25) is 0 Å². The van der Waals surface area contributed by atoms with E-state index in [1.165, 1.54) is 0 Å². The molecule has 1 N–H and O–H groups in total. The fourth-order valence-electron chi connectivity index (χ4n) is 1.37. The molecule has 3 heteroatoms. The van der Waals surface area contributed by atoms with Gasteiger partial charge in [0.05, 0.1) is 4.47 Å². The van der Waals surface area contributed by atoms with E-state index in [1.807, 2.05) is 19.1 Å². The van der Waals surface area contributed by atoms with Gasteiger partial charge in [-0.15, -0.1) is 0 Å². The zero-order valence-electron chi connectivity index (χ0n) is 10.7. The number of ether oxygens (including phenoxy) is 1. The van der Waals surface area contributed by atoms with E-state index in [9.17, 15) is 0 Å². The van der Waals surface area contributed by atoms with Crippen LogP contribution >= 0.6 is 15.9 Å². The zero-order chi connectivity index (χ0) is 12.8. The summed E-state index contributed by atoms with van der Waals surface area (Å²) in [6.45, 7) is 10.8. The van der Waals surface area contributed by atoms with E-state index < -0.39 is 0 Å². The second kappa shape index (κ2) is 6.82. The third-order valence-corrected chi connectivity index (χ3v) is 3.01. The van der Waals surface area contributed by atoms with Gasteiger partial charge in [-0.2, -0.15) is 0 Å². The van der Waals surface area contributed by atoms with Gasteiger partial charge < -0.3 is 10.1 Å². The Morgan fingerprint density at radius 1 is 1.41 bits per heavy atom. The minimum Gasteiger partial charge on any atom is -0.485 e. The van der Waals surface area contributed by atoms with Crippen LogP contribution in [0.3, 0.4) is 0 Å². The molecule has 0 radical (unpaired) electrons. The molecular formula is C14H20BrNO. The van der Waals surface area contributed by atoms with Gasteiger partial charge in [-0.1, -0.05) is 38.6 Å². The average molecular weight is 298 g/mol. The number of halogens is 1. The molecule has 17 heavy (non-hydrogen) atoms. The summed E-state index contributed by atoms with van der Waals surface area (Å²) in [5, 5.41) is 3.39. The Hall–Kier alpha value is -0.800. The van der Waals surface area contributed by atoms with Crippen molar-refractivity contribution in [3.63, 3.8) is 0 Å². The monoisotopic (exact) mass is 297 g/mol. The third kappa shape index (κ3) is 4.52. The van der Waals surface area contributed by atoms with Crippen LogP contribution in [-0.4, -0.2) is 12.1 Å². The summed E-state index contributed by atoms with van der Waals surface area (Å²) >= 11 is 3.52. The van der Waals surface area contributed by atoms with E-state index in [0.29, 0.717) is 6.04 Å². The lowest BCUT2D eigenvalue weighted by Gasteiger charge is -2.17. The van der Waals surface area contributed by atoms with Crippen LogP contribution in [0.1, 0.15) is 26.3 Å². The van der Waals surface area contributed by atoms with Crippen molar-refractivity contribution in [1.29, 1.82) is 0 Å². The lowest BCUT2D eigenvalue weighted by molar-refractivity contribution is 0.265. The Morgan fingerprint density at radius 2 is 2.12 bits per heavy atom. The van der Waals surface area contributed by atoms with E-state index >= 15 is 0 Å². The first kappa shape index (κ1) is 14.3. The quantitative estimate of drug-likeness (QED) is 0.804. The summed E-state index contributed by atoms with van der Waals surface area (Å²) in [5.41, 5.74) is 1.15. The van der Waals surface area contributed by atoms with Crippen molar-refractivity contribution in [2.24, 2.45) is 0 Å². The van der Waals surface area contributed by atoms with Crippen LogP contribution in [0.15, 0.2) is 35.3 Å². The van der Waals surface area contributed by atoms with Crippen LogP contribution in [0.5, 0.6) is 5.75 Å². The van der Waals surface area contributed by atoms with Crippen molar-refractivity contribution in [3.8, 4) is 5.75 Å². The number of nitrogens with one attached hydrogen (secondary N) is 1. The summed E-state index contributed by atoms with van der Waals surface area (Å²) in [6, 6.07) is 6.54. The Morgan fingerprint density at radius 3 is 2.71 bits per heavy atom. The van der Waals surface area contributed by atoms with Crippen molar-refractivity contribution in [1.82, 2.24) is 5.32 Å². The second-order valence-electron chi connectivity index (χ2n) is 4.32. The molecule has 0 aromatic heterocycles. The normalized spacial score (nSPS) is 12.5. The fraction of sp³-hybridized carbons (Fsp3) is 0.429. The Kier molecular flexibility index (Phi) is 5.72. The summed E-state index contributed by atoms with van der Waals surface area (Å²) in [4.78, 5) is 0. The smallest absolute Gasteiger partial charge is 0.138 e. The molecule has 0 fully saturated rings. The molecular weight excluding hydrogens is 278 g/mol. The van der Waals surface area contributed by atoms with Gasteiger partial charge in [0.15, 0.2) is 0 Å². The predicted molar refractivity (Wildman–Crippen MR) is 76.4 cm³/mol. The molecule has 0 aliphatic heterocycles. The van der Waals surface area contributed by atoms with Crippen LogP contribution < -0.4 is 10.1 Å². The first-order valence-corrected chi connectivity index (χ1v) is 6.64. The van der Waals surface area contributed by atoms with Crippen LogP contribution in [-0.2, 0) is 6.54 Å². The predicted octanol–water partition coefficient (Wildman–Crippen LogP) is 3.90. The minimum atomic E-state index is 0.00602. The van der Waals surface area contributed by atoms with Crippen molar-refractivity contribution >= 4 is 15.9 Å². The first-order valence-electron chi connectivity index (χ1n) is 5.84. The van der Waals surface area contributed by atoms with E-state index in [1.54, 1.807) is 6.08 Å². The summed E-state index contributed by atoms with van der Waals surface area (Å²) < 4.78 is 6.83. The summed E-state index contributed by atoms with van der Waals surface area (Å²) in [6.07, 6.45) is 1.80. The standard InChI is InChI=1S/C14H20BrNO/c1-5-11(4)17-14-12(9-16-10(2)3)7-6-8-13(14)15/h5-8,10-11,16H,1,9H2,2-4H3. The molecule has 0 amide bonds. The number of benzene rings is 1. The van der Waals surface area contributed by atoms with E-state index in [4.69, 9.17) is 4.74 Å². The number of hydrogen-bond donors (Lipinski definition) is 1. The molecule has 0 aliphatic carbocycles. The van der Waals surface area contributed by atoms with E-state index in [2.05, 4.69) is 47.7 Å². The number of para-hydroxylation sites is 1. The van der Waals surface area contributed by atoms with E-state index in [0.717, 1.165) is 22.3 Å². The van der Waals surface area contributed by atoms with E-state index in [-0.39, 0.29) is 6.10 Å². The Balaban J connectivity index is 2.87. The van der Waals surface area contributed by atoms with Crippen LogP contribution in [0, 0.1) is 0 Å². The summed E-state index contributed by atoms with van der Waals surface area (Å²) in [5.74, 6) is 0.896. The molecule has 0 saturated carbocycles. The Bertz CT molecular complexity index is 376.